The first-order valence-electron chi connectivity index (χ1n) is 9.89. The SMILES string of the molecule is CC(c1ccc(C(=O)N[C@@H](CSSC[C@H](N)C(=O)O)C(=O)O)s1)C1CNc2nc(N)ncc21. The number of rotatable bonds is 11. The van der Waals surface area contributed by atoms with Crippen molar-refractivity contribution in [3.63, 3.8) is 0 Å². The predicted octanol–water partition coefficient (Wildman–Crippen LogP) is 1.41. The second kappa shape index (κ2) is 11.0. The van der Waals surface area contributed by atoms with E-state index in [1.165, 1.54) is 11.3 Å². The monoisotopic (exact) mass is 512 g/mol. The van der Waals surface area contributed by atoms with Gasteiger partial charge in [-0.2, -0.15) is 4.98 Å². The number of aliphatic carboxylic acids is 2. The van der Waals surface area contributed by atoms with Gasteiger partial charge in [-0.15, -0.1) is 11.3 Å². The molecule has 4 atom stereocenters. The number of nitrogens with two attached hydrogens (primary N) is 2. The van der Waals surface area contributed by atoms with E-state index in [4.69, 9.17) is 16.6 Å². The molecule has 3 heterocycles. The van der Waals surface area contributed by atoms with Crippen molar-refractivity contribution < 1.29 is 24.6 Å². The fraction of sp³-hybridized carbons (Fsp3) is 0.421. The van der Waals surface area contributed by atoms with Crippen LogP contribution in [0.1, 0.15) is 38.9 Å². The molecule has 1 aliphatic heterocycles. The number of hydrogen-bond donors (Lipinski definition) is 6. The van der Waals surface area contributed by atoms with Gasteiger partial charge in [0.2, 0.25) is 5.95 Å². The Kier molecular flexibility index (Phi) is 8.40. The zero-order chi connectivity index (χ0) is 24.1. The van der Waals surface area contributed by atoms with Crippen LogP contribution >= 0.6 is 32.9 Å². The van der Waals surface area contributed by atoms with Crippen molar-refractivity contribution in [3.05, 3.63) is 33.6 Å². The van der Waals surface area contributed by atoms with Gasteiger partial charge in [-0.3, -0.25) is 9.59 Å². The Labute approximate surface area is 201 Å². The number of thiophene rings is 1. The number of amides is 1. The number of aromatic nitrogens is 2. The van der Waals surface area contributed by atoms with E-state index in [0.29, 0.717) is 11.4 Å². The second-order valence-corrected chi connectivity index (χ2v) is 11.1. The highest BCUT2D eigenvalue weighted by Gasteiger charge is 2.31. The molecule has 8 N–H and O–H groups in total. The number of nitrogens with zero attached hydrogens (tertiary/aromatic N) is 2. The van der Waals surface area contributed by atoms with Crippen LogP contribution in [0.25, 0.3) is 0 Å². The summed E-state index contributed by atoms with van der Waals surface area (Å²) in [5, 5.41) is 24.0. The summed E-state index contributed by atoms with van der Waals surface area (Å²) in [5.74, 6) is -1.44. The van der Waals surface area contributed by atoms with E-state index < -0.39 is 29.9 Å². The molecule has 2 unspecified atom stereocenters. The summed E-state index contributed by atoms with van der Waals surface area (Å²) < 4.78 is 0. The highest BCUT2D eigenvalue weighted by Crippen LogP contribution is 2.41. The van der Waals surface area contributed by atoms with Crippen LogP contribution in [0.5, 0.6) is 0 Å². The first-order chi connectivity index (χ1) is 15.7. The number of carboxylic acid groups (broad SMARTS) is 2. The molecule has 0 spiro atoms. The third-order valence-electron chi connectivity index (χ3n) is 5.11. The van der Waals surface area contributed by atoms with Gasteiger partial charge in [0.1, 0.15) is 17.9 Å². The van der Waals surface area contributed by atoms with Crippen molar-refractivity contribution >= 4 is 62.5 Å². The minimum Gasteiger partial charge on any atom is -0.480 e. The summed E-state index contributed by atoms with van der Waals surface area (Å²) in [6.45, 7) is 2.73. The first kappa shape index (κ1) is 25.1. The Morgan fingerprint density at radius 1 is 1.27 bits per heavy atom. The molecule has 14 heteroatoms. The average Bonchev–Trinajstić information content (AvgIpc) is 3.42. The molecule has 0 saturated heterocycles. The Balaban J connectivity index is 1.58. The second-order valence-electron chi connectivity index (χ2n) is 7.39. The molecule has 0 saturated carbocycles. The van der Waals surface area contributed by atoms with E-state index in [2.05, 4.69) is 27.5 Å². The number of nitrogen functional groups attached to an aromatic ring is 1. The number of hydrogen-bond acceptors (Lipinski definition) is 11. The number of carbonyl (C=O) groups is 3. The lowest BCUT2D eigenvalue weighted by Crippen LogP contribution is -2.42. The van der Waals surface area contributed by atoms with E-state index in [-0.39, 0.29) is 29.3 Å². The Bertz CT molecular complexity index is 1040. The smallest absolute Gasteiger partial charge is 0.327 e. The molecule has 0 bridgehead atoms. The molecule has 0 fully saturated rings. The van der Waals surface area contributed by atoms with E-state index in [1.807, 2.05) is 6.07 Å². The summed E-state index contributed by atoms with van der Waals surface area (Å²) in [6.07, 6.45) is 1.72. The highest BCUT2D eigenvalue weighted by atomic mass is 33.1. The molecule has 2 aromatic heterocycles. The standard InChI is InChI=1S/C19H24N6O5S3/c1-8(9-4-22-15-10(9)5-23-19(21)25-15)13-2-3-14(33-13)16(26)24-12(18(29)30)7-32-31-6-11(20)17(27)28/h2-3,5,8-9,11-12H,4,6-7,20H2,1H3,(H,24,26)(H,27,28)(H,29,30)(H3,21,22,23,25)/t8?,9?,11-,12-/m0/s1. The van der Waals surface area contributed by atoms with Crippen LogP contribution in [-0.4, -0.2) is 68.2 Å². The number of carboxylic acids is 2. The maximum Gasteiger partial charge on any atom is 0.327 e. The Hall–Kier alpha value is -2.55. The summed E-state index contributed by atoms with van der Waals surface area (Å²) in [4.78, 5) is 44.6. The molecule has 1 aliphatic rings. The lowest BCUT2D eigenvalue weighted by molar-refractivity contribution is -0.139. The zero-order valence-corrected chi connectivity index (χ0v) is 20.0. The molecule has 3 rings (SSSR count). The van der Waals surface area contributed by atoms with Crippen LogP contribution in [0.4, 0.5) is 11.8 Å². The molecule has 2 aromatic rings. The van der Waals surface area contributed by atoms with Gasteiger partial charge < -0.3 is 32.3 Å². The molecule has 178 valence electrons. The maximum atomic E-state index is 12.7. The topological polar surface area (TPSA) is 194 Å². The molecular formula is C19H24N6O5S3. The van der Waals surface area contributed by atoms with Gasteiger partial charge in [-0.25, -0.2) is 9.78 Å². The lowest BCUT2D eigenvalue weighted by Gasteiger charge is -2.17. The summed E-state index contributed by atoms with van der Waals surface area (Å²) in [5.41, 5.74) is 12.0. The highest BCUT2D eigenvalue weighted by molar-refractivity contribution is 8.76. The fourth-order valence-electron chi connectivity index (χ4n) is 3.21. The summed E-state index contributed by atoms with van der Waals surface area (Å²) >= 11 is 1.31. The molecule has 33 heavy (non-hydrogen) atoms. The minimum absolute atomic E-state index is 0.0698. The Morgan fingerprint density at radius 2 is 2.00 bits per heavy atom. The third kappa shape index (κ3) is 6.28. The van der Waals surface area contributed by atoms with Crippen LogP contribution in [0, 0.1) is 0 Å². The molecule has 11 nitrogen and oxygen atoms in total. The van der Waals surface area contributed by atoms with Gasteiger partial charge in [-0.1, -0.05) is 28.5 Å². The number of anilines is 2. The average molecular weight is 513 g/mol. The van der Waals surface area contributed by atoms with Crippen LogP contribution in [0.3, 0.4) is 0 Å². The van der Waals surface area contributed by atoms with Crippen LogP contribution in [0.15, 0.2) is 18.3 Å². The van der Waals surface area contributed by atoms with Gasteiger partial charge in [0.05, 0.1) is 4.88 Å². The third-order valence-corrected chi connectivity index (χ3v) is 8.85. The molecule has 0 aromatic carbocycles. The fourth-order valence-corrected chi connectivity index (χ4v) is 6.51. The van der Waals surface area contributed by atoms with Crippen molar-refractivity contribution in [2.24, 2.45) is 5.73 Å². The van der Waals surface area contributed by atoms with Crippen molar-refractivity contribution in [1.29, 1.82) is 0 Å². The van der Waals surface area contributed by atoms with Crippen LogP contribution in [-0.2, 0) is 9.59 Å². The summed E-state index contributed by atoms with van der Waals surface area (Å²) in [6, 6.07) is 1.40. The van der Waals surface area contributed by atoms with E-state index in [0.717, 1.165) is 37.8 Å². The van der Waals surface area contributed by atoms with Gasteiger partial charge in [0.25, 0.3) is 5.91 Å². The van der Waals surface area contributed by atoms with Gasteiger partial charge in [0, 0.05) is 40.6 Å². The number of fused-ring (bicyclic) bond motifs is 1. The number of carbonyl (C=O) groups excluding carboxylic acids is 1. The molecular weight excluding hydrogens is 488 g/mol. The summed E-state index contributed by atoms with van der Waals surface area (Å²) in [7, 11) is 2.30. The van der Waals surface area contributed by atoms with Crippen molar-refractivity contribution in [2.75, 3.05) is 29.1 Å². The maximum absolute atomic E-state index is 12.7. The van der Waals surface area contributed by atoms with Gasteiger partial charge >= 0.3 is 11.9 Å². The van der Waals surface area contributed by atoms with E-state index >= 15 is 0 Å². The van der Waals surface area contributed by atoms with Crippen molar-refractivity contribution in [3.8, 4) is 0 Å². The predicted molar refractivity (Wildman–Crippen MR) is 130 cm³/mol. The van der Waals surface area contributed by atoms with Crippen molar-refractivity contribution in [1.82, 2.24) is 15.3 Å². The van der Waals surface area contributed by atoms with Crippen molar-refractivity contribution in [2.45, 2.75) is 30.8 Å². The molecule has 0 radical (unpaired) electrons. The zero-order valence-electron chi connectivity index (χ0n) is 17.6. The normalized spacial score (nSPS) is 17.5. The van der Waals surface area contributed by atoms with Crippen LogP contribution < -0.4 is 22.1 Å². The first-order valence-corrected chi connectivity index (χ1v) is 13.2. The minimum atomic E-state index is -1.17. The van der Waals surface area contributed by atoms with E-state index in [9.17, 15) is 19.5 Å². The Morgan fingerprint density at radius 3 is 2.70 bits per heavy atom. The van der Waals surface area contributed by atoms with E-state index in [1.54, 1.807) is 12.3 Å². The van der Waals surface area contributed by atoms with Gasteiger partial charge in [-0.05, 0) is 18.1 Å². The lowest BCUT2D eigenvalue weighted by atomic mass is 9.89. The quantitative estimate of drug-likeness (QED) is 0.187. The number of nitrogens with one attached hydrogen (secondary N) is 2. The van der Waals surface area contributed by atoms with Gasteiger partial charge in [0.15, 0.2) is 0 Å². The molecule has 0 aliphatic carbocycles. The van der Waals surface area contributed by atoms with Crippen LogP contribution in [0.2, 0.25) is 0 Å². The largest absolute Gasteiger partial charge is 0.480 e. The molecule has 1 amide bonds.